The maximum atomic E-state index is 11.3. The van der Waals surface area contributed by atoms with Gasteiger partial charge in [-0.2, -0.15) is 0 Å². The van der Waals surface area contributed by atoms with E-state index in [4.69, 9.17) is 27.2 Å². The Labute approximate surface area is 181 Å². The van der Waals surface area contributed by atoms with Crippen LogP contribution < -0.4 is 16.0 Å². The fourth-order valence-electron chi connectivity index (χ4n) is 3.35. The molecule has 0 aliphatic carbocycles. The quantitative estimate of drug-likeness (QED) is 0.0778. The van der Waals surface area contributed by atoms with Crippen LogP contribution in [-0.4, -0.2) is 116 Å². The molecule has 15 nitrogen and oxygen atoms in total. The topological polar surface area (TPSA) is 242 Å². The Morgan fingerprint density at radius 2 is 1.52 bits per heavy atom. The average Bonchev–Trinajstić information content (AvgIpc) is 2.72. The number of nitrogens with one attached hydrogen (secondary N) is 3. The highest BCUT2D eigenvalue weighted by Gasteiger charge is 2.47. The van der Waals surface area contributed by atoms with E-state index in [2.05, 4.69) is 26.0 Å². The molecule has 0 saturated carbocycles. The fraction of sp³-hybridized carbons (Fsp3) is 0.867. The number of ether oxygens (including phenoxy) is 2. The number of carbonyl (C=O) groups is 1. The Bertz CT molecular complexity index is 698. The van der Waals surface area contributed by atoms with Gasteiger partial charge in [-0.05, 0) is 17.7 Å². The zero-order valence-corrected chi connectivity index (χ0v) is 17.2. The number of amides is 1. The van der Waals surface area contributed by atoms with E-state index in [0.29, 0.717) is 0 Å². The summed E-state index contributed by atoms with van der Waals surface area (Å²) >= 11 is 5.13. The van der Waals surface area contributed by atoms with E-state index in [1.807, 2.05) is 0 Å². The minimum atomic E-state index is -1.56. The monoisotopic (exact) mass is 466 g/mol. The zero-order chi connectivity index (χ0) is 23.3. The van der Waals surface area contributed by atoms with Crippen LogP contribution in [0.25, 0.3) is 10.4 Å². The molecule has 176 valence electrons. The van der Waals surface area contributed by atoms with Crippen LogP contribution in [0.5, 0.6) is 0 Å². The van der Waals surface area contributed by atoms with Gasteiger partial charge in [-0.25, -0.2) is 0 Å². The van der Waals surface area contributed by atoms with Gasteiger partial charge in [-0.3, -0.25) is 4.79 Å². The molecule has 10 atom stereocenters. The van der Waals surface area contributed by atoms with Crippen molar-refractivity contribution in [3.8, 4) is 0 Å². The molecule has 2 rings (SSSR count). The second-order valence-electron chi connectivity index (χ2n) is 7.06. The van der Waals surface area contributed by atoms with Gasteiger partial charge < -0.3 is 56.1 Å². The SMILES string of the molecule is CC(=O)N[C@@H]1O[C@H](CO)[C@@H](O)[C@H](NC(=S)N[C@@H]2O[C@H](CO)[C@@H](O)[C@H](N=[N+]=[N-])[C@H]2O)[C@H]1O. The van der Waals surface area contributed by atoms with Crippen molar-refractivity contribution < 1.29 is 44.9 Å². The summed E-state index contributed by atoms with van der Waals surface area (Å²) in [5, 5.41) is 70.6. The van der Waals surface area contributed by atoms with E-state index < -0.39 is 80.3 Å². The van der Waals surface area contributed by atoms with Crippen LogP contribution in [0, 0.1) is 0 Å². The molecule has 16 heteroatoms. The van der Waals surface area contributed by atoms with Crippen molar-refractivity contribution in [3.63, 3.8) is 0 Å². The molecule has 0 aromatic rings. The van der Waals surface area contributed by atoms with E-state index in [1.54, 1.807) is 0 Å². The van der Waals surface area contributed by atoms with E-state index in [1.165, 1.54) is 6.92 Å². The van der Waals surface area contributed by atoms with Crippen LogP contribution in [0.1, 0.15) is 6.92 Å². The number of thiocarbonyl (C=S) groups is 1. The Kier molecular flexibility index (Phi) is 9.14. The lowest BCUT2D eigenvalue weighted by atomic mass is 9.95. The summed E-state index contributed by atoms with van der Waals surface area (Å²) in [5.74, 6) is -0.520. The van der Waals surface area contributed by atoms with Gasteiger partial charge in [-0.1, -0.05) is 5.11 Å². The summed E-state index contributed by atoms with van der Waals surface area (Å²) in [6.45, 7) is -0.0635. The molecule has 0 bridgehead atoms. The van der Waals surface area contributed by atoms with Crippen molar-refractivity contribution in [3.05, 3.63) is 10.4 Å². The summed E-state index contributed by atoms with van der Waals surface area (Å²) in [6, 6.07) is -2.56. The third-order valence-electron chi connectivity index (χ3n) is 4.92. The maximum absolute atomic E-state index is 11.3. The number of hydrogen-bond donors (Lipinski definition) is 9. The van der Waals surface area contributed by atoms with Gasteiger partial charge in [-0.15, -0.1) is 0 Å². The first-order valence-electron chi connectivity index (χ1n) is 9.27. The Balaban J connectivity index is 2.11. The number of carbonyl (C=O) groups excluding carboxylic acids is 1. The Morgan fingerprint density at radius 1 is 0.968 bits per heavy atom. The van der Waals surface area contributed by atoms with E-state index in [-0.39, 0.29) is 5.11 Å². The van der Waals surface area contributed by atoms with E-state index in [9.17, 15) is 35.4 Å². The highest BCUT2D eigenvalue weighted by molar-refractivity contribution is 7.80. The van der Waals surface area contributed by atoms with Crippen LogP contribution in [-0.2, 0) is 14.3 Å². The number of aliphatic hydroxyl groups excluding tert-OH is 6. The van der Waals surface area contributed by atoms with E-state index in [0.717, 1.165) is 0 Å². The molecule has 0 aromatic carbocycles. The molecule has 9 N–H and O–H groups in total. The van der Waals surface area contributed by atoms with Crippen LogP contribution in [0.15, 0.2) is 5.11 Å². The normalized spacial score (nSPS) is 40.4. The van der Waals surface area contributed by atoms with Crippen molar-refractivity contribution in [1.82, 2.24) is 16.0 Å². The van der Waals surface area contributed by atoms with Crippen molar-refractivity contribution in [1.29, 1.82) is 0 Å². The average molecular weight is 466 g/mol. The largest absolute Gasteiger partial charge is 0.394 e. The number of azide groups is 1. The smallest absolute Gasteiger partial charge is 0.218 e. The van der Waals surface area contributed by atoms with Crippen LogP contribution >= 0.6 is 12.2 Å². The number of aliphatic hydroxyl groups is 6. The number of hydrogen-bond acceptors (Lipinski definition) is 11. The van der Waals surface area contributed by atoms with Gasteiger partial charge in [0.1, 0.15) is 30.5 Å². The third kappa shape index (κ3) is 5.89. The summed E-state index contributed by atoms with van der Waals surface area (Å²) in [7, 11) is 0. The second kappa shape index (κ2) is 11.1. The molecule has 31 heavy (non-hydrogen) atoms. The van der Waals surface area contributed by atoms with Crippen molar-refractivity contribution in [2.75, 3.05) is 13.2 Å². The lowest BCUT2D eigenvalue weighted by Crippen LogP contribution is -2.69. The molecule has 2 heterocycles. The van der Waals surface area contributed by atoms with Gasteiger partial charge in [0.05, 0.1) is 31.4 Å². The molecule has 2 aliphatic rings. The highest BCUT2D eigenvalue weighted by atomic mass is 32.1. The van der Waals surface area contributed by atoms with Crippen LogP contribution in [0.2, 0.25) is 0 Å². The van der Waals surface area contributed by atoms with Gasteiger partial charge in [0.25, 0.3) is 0 Å². The Morgan fingerprint density at radius 3 is 2.03 bits per heavy atom. The first-order chi connectivity index (χ1) is 14.6. The first-order valence-corrected chi connectivity index (χ1v) is 9.68. The van der Waals surface area contributed by atoms with Gasteiger partial charge in [0, 0.05) is 11.8 Å². The highest BCUT2D eigenvalue weighted by Crippen LogP contribution is 2.23. The van der Waals surface area contributed by atoms with Crippen LogP contribution in [0.3, 0.4) is 0 Å². The molecular weight excluding hydrogens is 440 g/mol. The molecular formula is C15H26N6O9S. The lowest BCUT2D eigenvalue weighted by Gasteiger charge is -2.44. The Hall–Kier alpha value is -1.85. The maximum Gasteiger partial charge on any atom is 0.218 e. The molecule has 0 radical (unpaired) electrons. The van der Waals surface area contributed by atoms with E-state index >= 15 is 0 Å². The lowest BCUT2D eigenvalue weighted by molar-refractivity contribution is -0.202. The predicted molar refractivity (Wildman–Crippen MR) is 105 cm³/mol. The number of nitrogens with zero attached hydrogens (tertiary/aromatic N) is 3. The van der Waals surface area contributed by atoms with Gasteiger partial charge in [0.2, 0.25) is 5.91 Å². The molecule has 0 aromatic heterocycles. The van der Waals surface area contributed by atoms with Gasteiger partial charge in [0.15, 0.2) is 17.6 Å². The van der Waals surface area contributed by atoms with Crippen molar-refractivity contribution in [2.24, 2.45) is 5.11 Å². The minimum Gasteiger partial charge on any atom is -0.394 e. The summed E-state index contributed by atoms with van der Waals surface area (Å²) in [4.78, 5) is 13.9. The fourth-order valence-corrected chi connectivity index (χ4v) is 3.60. The summed E-state index contributed by atoms with van der Waals surface area (Å²) < 4.78 is 10.6. The molecule has 2 fully saturated rings. The molecule has 1 amide bonds. The third-order valence-corrected chi connectivity index (χ3v) is 5.16. The first kappa shape index (κ1) is 25.4. The predicted octanol–water partition coefficient (Wildman–Crippen LogP) is -4.49. The second-order valence-corrected chi connectivity index (χ2v) is 7.47. The van der Waals surface area contributed by atoms with Crippen molar-refractivity contribution >= 4 is 23.2 Å². The molecule has 2 saturated heterocycles. The zero-order valence-electron chi connectivity index (χ0n) is 16.3. The molecule has 0 spiro atoms. The minimum absolute atomic E-state index is 0.236. The molecule has 2 aliphatic heterocycles. The number of rotatable bonds is 6. The van der Waals surface area contributed by atoms with Crippen molar-refractivity contribution in [2.45, 2.75) is 68.1 Å². The van der Waals surface area contributed by atoms with Crippen LogP contribution in [0.4, 0.5) is 0 Å². The molecule has 0 unspecified atom stereocenters. The summed E-state index contributed by atoms with van der Waals surface area (Å²) in [5.41, 5.74) is 8.65. The standard InChI is InChI=1S/C15H26N6O9S/c1-4(24)17-13-11(27)7(9(25)5(2-22)29-13)18-15(31)19-14-12(28)8(20-21-16)10(26)6(3-23)30-14/h5-14,22-23,25-28H,2-3H2,1H3,(H,17,24)(H2,18,19,31)/t5-,6-,7+,8+,9-,10-,11-,12-,13-,14-/m1/s1. The summed E-state index contributed by atoms with van der Waals surface area (Å²) in [6.07, 6.45) is -10.9. The van der Waals surface area contributed by atoms with Gasteiger partial charge >= 0.3 is 0 Å².